The average Bonchev–Trinajstić information content (AvgIpc) is 2.93. The van der Waals surface area contributed by atoms with Gasteiger partial charge in [0.1, 0.15) is 0 Å². The molecule has 3 rings (SSSR count). The van der Waals surface area contributed by atoms with Crippen molar-refractivity contribution in [3.63, 3.8) is 0 Å². The smallest absolute Gasteiger partial charge is 0.0351 e. The van der Waals surface area contributed by atoms with Crippen LogP contribution >= 0.6 is 0 Å². The fourth-order valence-corrected chi connectivity index (χ4v) is 3.70. The highest BCUT2D eigenvalue weighted by molar-refractivity contribution is 5.40. The Hall–Kier alpha value is -1.02. The van der Waals surface area contributed by atoms with E-state index in [1.807, 2.05) is 0 Å². The van der Waals surface area contributed by atoms with Crippen molar-refractivity contribution in [3.8, 4) is 0 Å². The second-order valence-electron chi connectivity index (χ2n) is 5.85. The summed E-state index contributed by atoms with van der Waals surface area (Å²) in [6.45, 7) is 1.29. The SMILES string of the molecule is Nc1ccc(C2CCCCN2C2CCCC2)cc1. The first-order valence-corrected chi connectivity index (χ1v) is 7.46. The molecule has 0 bridgehead atoms. The van der Waals surface area contributed by atoms with E-state index in [4.69, 9.17) is 5.73 Å². The predicted octanol–water partition coefficient (Wildman–Crippen LogP) is 3.74. The van der Waals surface area contributed by atoms with Gasteiger partial charge in [-0.3, -0.25) is 4.90 Å². The lowest BCUT2D eigenvalue weighted by molar-refractivity contribution is 0.0969. The van der Waals surface area contributed by atoms with Crippen LogP contribution in [0.1, 0.15) is 56.6 Å². The maximum absolute atomic E-state index is 5.80. The van der Waals surface area contributed by atoms with Crippen molar-refractivity contribution >= 4 is 5.69 Å². The molecule has 2 nitrogen and oxygen atoms in total. The van der Waals surface area contributed by atoms with E-state index in [0.717, 1.165) is 11.7 Å². The summed E-state index contributed by atoms with van der Waals surface area (Å²) in [4.78, 5) is 2.78. The van der Waals surface area contributed by atoms with Crippen LogP contribution in [0, 0.1) is 0 Å². The molecular weight excluding hydrogens is 220 g/mol. The number of likely N-dealkylation sites (tertiary alicyclic amines) is 1. The number of hydrogen-bond acceptors (Lipinski definition) is 2. The molecule has 0 aromatic heterocycles. The molecule has 0 spiro atoms. The zero-order valence-electron chi connectivity index (χ0n) is 11.1. The third kappa shape index (κ3) is 2.39. The Kier molecular flexibility index (Phi) is 3.55. The molecule has 98 valence electrons. The van der Waals surface area contributed by atoms with Gasteiger partial charge in [0, 0.05) is 17.8 Å². The Bertz CT molecular complexity index is 379. The largest absolute Gasteiger partial charge is 0.399 e. The number of anilines is 1. The Balaban J connectivity index is 1.80. The normalized spacial score (nSPS) is 26.6. The first-order chi connectivity index (χ1) is 8.84. The molecule has 1 aromatic carbocycles. The molecule has 2 aliphatic rings. The first-order valence-electron chi connectivity index (χ1n) is 7.46. The minimum atomic E-state index is 0.641. The molecule has 1 saturated heterocycles. The van der Waals surface area contributed by atoms with Gasteiger partial charge in [0.25, 0.3) is 0 Å². The summed E-state index contributed by atoms with van der Waals surface area (Å²) in [5.41, 5.74) is 8.14. The van der Waals surface area contributed by atoms with Gasteiger partial charge >= 0.3 is 0 Å². The zero-order valence-corrected chi connectivity index (χ0v) is 11.1. The fraction of sp³-hybridized carbons (Fsp3) is 0.625. The van der Waals surface area contributed by atoms with Crippen LogP contribution in [0.2, 0.25) is 0 Å². The Morgan fingerprint density at radius 1 is 0.889 bits per heavy atom. The summed E-state index contributed by atoms with van der Waals surface area (Å²) in [7, 11) is 0. The van der Waals surface area contributed by atoms with Gasteiger partial charge in [-0.05, 0) is 49.9 Å². The van der Waals surface area contributed by atoms with Crippen molar-refractivity contribution in [2.24, 2.45) is 0 Å². The van der Waals surface area contributed by atoms with Crippen LogP contribution in [0.3, 0.4) is 0 Å². The lowest BCUT2D eigenvalue weighted by atomic mass is 9.93. The lowest BCUT2D eigenvalue weighted by Gasteiger charge is -2.40. The van der Waals surface area contributed by atoms with Gasteiger partial charge < -0.3 is 5.73 Å². The van der Waals surface area contributed by atoms with Crippen molar-refractivity contribution in [2.75, 3.05) is 12.3 Å². The number of hydrogen-bond donors (Lipinski definition) is 1. The van der Waals surface area contributed by atoms with E-state index < -0.39 is 0 Å². The van der Waals surface area contributed by atoms with Gasteiger partial charge in [0.15, 0.2) is 0 Å². The topological polar surface area (TPSA) is 29.3 Å². The van der Waals surface area contributed by atoms with Gasteiger partial charge in [0.05, 0.1) is 0 Å². The molecule has 1 aliphatic heterocycles. The lowest BCUT2D eigenvalue weighted by Crippen LogP contribution is -2.40. The highest BCUT2D eigenvalue weighted by Crippen LogP contribution is 2.37. The zero-order chi connectivity index (χ0) is 12.4. The quantitative estimate of drug-likeness (QED) is 0.803. The van der Waals surface area contributed by atoms with Crippen molar-refractivity contribution in [1.29, 1.82) is 0 Å². The monoisotopic (exact) mass is 244 g/mol. The molecule has 2 N–H and O–H groups in total. The fourth-order valence-electron chi connectivity index (χ4n) is 3.70. The van der Waals surface area contributed by atoms with E-state index in [1.54, 1.807) is 0 Å². The van der Waals surface area contributed by atoms with Gasteiger partial charge in [-0.2, -0.15) is 0 Å². The van der Waals surface area contributed by atoms with Crippen LogP contribution in [-0.2, 0) is 0 Å². The summed E-state index contributed by atoms with van der Waals surface area (Å²) in [6.07, 6.45) is 9.74. The second-order valence-corrected chi connectivity index (χ2v) is 5.85. The van der Waals surface area contributed by atoms with Gasteiger partial charge in [-0.1, -0.05) is 31.4 Å². The van der Waals surface area contributed by atoms with Crippen LogP contribution in [0.5, 0.6) is 0 Å². The highest BCUT2D eigenvalue weighted by Gasteiger charge is 2.31. The molecule has 2 heteroatoms. The van der Waals surface area contributed by atoms with Crippen molar-refractivity contribution in [1.82, 2.24) is 4.90 Å². The average molecular weight is 244 g/mol. The van der Waals surface area contributed by atoms with E-state index in [9.17, 15) is 0 Å². The molecule has 1 unspecified atom stereocenters. The van der Waals surface area contributed by atoms with Crippen LogP contribution in [0.4, 0.5) is 5.69 Å². The van der Waals surface area contributed by atoms with Gasteiger partial charge in [-0.15, -0.1) is 0 Å². The van der Waals surface area contributed by atoms with E-state index in [2.05, 4.69) is 29.2 Å². The summed E-state index contributed by atoms with van der Waals surface area (Å²) >= 11 is 0. The molecule has 1 heterocycles. The number of benzene rings is 1. The van der Waals surface area contributed by atoms with E-state index in [0.29, 0.717) is 6.04 Å². The summed E-state index contributed by atoms with van der Waals surface area (Å²) in [5, 5.41) is 0. The maximum Gasteiger partial charge on any atom is 0.0351 e. The molecule has 0 radical (unpaired) electrons. The number of nitrogens with zero attached hydrogens (tertiary/aromatic N) is 1. The number of nitrogens with two attached hydrogens (primary N) is 1. The van der Waals surface area contributed by atoms with Crippen LogP contribution in [0.15, 0.2) is 24.3 Å². The van der Waals surface area contributed by atoms with E-state index in [-0.39, 0.29) is 0 Å². The second kappa shape index (κ2) is 5.31. The Morgan fingerprint density at radius 2 is 1.56 bits per heavy atom. The number of piperidine rings is 1. The number of nitrogen functional groups attached to an aromatic ring is 1. The van der Waals surface area contributed by atoms with Crippen molar-refractivity contribution < 1.29 is 0 Å². The molecule has 18 heavy (non-hydrogen) atoms. The molecule has 1 saturated carbocycles. The summed E-state index contributed by atoms with van der Waals surface area (Å²) in [6, 6.07) is 10.0. The van der Waals surface area contributed by atoms with Crippen LogP contribution in [0.25, 0.3) is 0 Å². The summed E-state index contributed by atoms with van der Waals surface area (Å²) in [5.74, 6) is 0. The predicted molar refractivity (Wildman–Crippen MR) is 76.4 cm³/mol. The molecule has 1 atom stereocenters. The third-order valence-corrected chi connectivity index (χ3v) is 4.66. The van der Waals surface area contributed by atoms with Gasteiger partial charge in [0.2, 0.25) is 0 Å². The molecule has 1 aromatic rings. The van der Waals surface area contributed by atoms with Crippen molar-refractivity contribution in [2.45, 2.75) is 57.0 Å². The third-order valence-electron chi connectivity index (χ3n) is 4.66. The van der Waals surface area contributed by atoms with Crippen LogP contribution in [-0.4, -0.2) is 17.5 Å². The molecular formula is C16H24N2. The summed E-state index contributed by atoms with van der Waals surface area (Å²) < 4.78 is 0. The molecule has 2 fully saturated rings. The molecule has 0 amide bonds. The first kappa shape index (κ1) is 12.0. The molecule has 1 aliphatic carbocycles. The standard InChI is InChI=1S/C16H24N2/c17-14-10-8-13(9-11-14)16-7-3-4-12-18(16)15-5-1-2-6-15/h8-11,15-16H,1-7,12,17H2. The minimum absolute atomic E-state index is 0.641. The van der Waals surface area contributed by atoms with Gasteiger partial charge in [-0.25, -0.2) is 0 Å². The highest BCUT2D eigenvalue weighted by atomic mass is 15.2. The van der Waals surface area contributed by atoms with Crippen molar-refractivity contribution in [3.05, 3.63) is 29.8 Å². The number of rotatable bonds is 2. The minimum Gasteiger partial charge on any atom is -0.399 e. The Morgan fingerprint density at radius 3 is 2.28 bits per heavy atom. The van der Waals surface area contributed by atoms with Crippen LogP contribution < -0.4 is 5.73 Å². The Labute approximate surface area is 110 Å². The maximum atomic E-state index is 5.80. The van der Waals surface area contributed by atoms with E-state index >= 15 is 0 Å². The van der Waals surface area contributed by atoms with E-state index in [1.165, 1.54) is 57.1 Å².